The van der Waals surface area contributed by atoms with Crippen LogP contribution in [0.1, 0.15) is 10.4 Å². The van der Waals surface area contributed by atoms with Crippen molar-refractivity contribution in [1.29, 1.82) is 0 Å². The normalized spacial score (nSPS) is 13.2. The van der Waals surface area contributed by atoms with E-state index in [0.717, 1.165) is 6.26 Å². The molecular formula is C10H12O5S2. The van der Waals surface area contributed by atoms with Crippen molar-refractivity contribution in [2.45, 2.75) is 4.90 Å². The monoisotopic (exact) mass is 276 g/mol. The summed E-state index contributed by atoms with van der Waals surface area (Å²) in [6.07, 6.45) is 1.08. The van der Waals surface area contributed by atoms with E-state index in [0.29, 0.717) is 4.90 Å². The zero-order valence-electron chi connectivity index (χ0n) is 9.12. The van der Waals surface area contributed by atoms with Crippen LogP contribution in [0, 0.1) is 0 Å². The summed E-state index contributed by atoms with van der Waals surface area (Å²) in [4.78, 5) is 11.0. The largest absolute Gasteiger partial charge is 0.478 e. The molecule has 0 heterocycles. The van der Waals surface area contributed by atoms with Crippen molar-refractivity contribution in [3.05, 3.63) is 29.8 Å². The molecule has 0 amide bonds. The highest BCUT2D eigenvalue weighted by atomic mass is 32.2. The molecule has 0 fully saturated rings. The van der Waals surface area contributed by atoms with Crippen LogP contribution in [-0.2, 0) is 20.6 Å². The van der Waals surface area contributed by atoms with Gasteiger partial charge in [-0.2, -0.15) is 0 Å². The maximum atomic E-state index is 11.7. The minimum absolute atomic E-state index is 0.0191. The molecule has 0 saturated carbocycles. The summed E-state index contributed by atoms with van der Waals surface area (Å²) < 4.78 is 33.5. The Morgan fingerprint density at radius 1 is 1.29 bits per heavy atom. The molecule has 94 valence electrons. The zero-order chi connectivity index (χ0) is 13.1. The van der Waals surface area contributed by atoms with Crippen molar-refractivity contribution in [2.75, 3.05) is 17.8 Å². The minimum Gasteiger partial charge on any atom is -0.478 e. The number of aromatic carboxylic acids is 1. The van der Waals surface area contributed by atoms with Gasteiger partial charge in [-0.3, -0.25) is 4.21 Å². The lowest BCUT2D eigenvalue weighted by Crippen LogP contribution is -2.11. The molecule has 0 aromatic heterocycles. The lowest BCUT2D eigenvalue weighted by Gasteiger charge is -2.02. The van der Waals surface area contributed by atoms with Crippen LogP contribution in [0.2, 0.25) is 0 Å². The van der Waals surface area contributed by atoms with E-state index in [9.17, 15) is 17.4 Å². The summed E-state index contributed by atoms with van der Waals surface area (Å²) in [6.45, 7) is 0. The highest BCUT2D eigenvalue weighted by Gasteiger charge is 2.10. The average Bonchev–Trinajstić information content (AvgIpc) is 2.25. The first-order chi connectivity index (χ1) is 7.79. The van der Waals surface area contributed by atoms with E-state index in [1.807, 2.05) is 0 Å². The Kier molecular flexibility index (Phi) is 4.41. The molecule has 7 heteroatoms. The van der Waals surface area contributed by atoms with E-state index in [1.165, 1.54) is 24.3 Å². The summed E-state index contributed by atoms with van der Waals surface area (Å²) in [7, 11) is -4.56. The Bertz CT molecular complexity index is 530. The molecule has 1 aromatic carbocycles. The van der Waals surface area contributed by atoms with Gasteiger partial charge in [0.15, 0.2) is 0 Å². The van der Waals surface area contributed by atoms with Gasteiger partial charge in [-0.15, -0.1) is 0 Å². The van der Waals surface area contributed by atoms with Crippen molar-refractivity contribution in [2.24, 2.45) is 0 Å². The van der Waals surface area contributed by atoms with E-state index >= 15 is 0 Å². The molecule has 0 saturated heterocycles. The van der Waals surface area contributed by atoms with Gasteiger partial charge in [0.05, 0.1) is 22.1 Å². The number of carbonyl (C=O) groups is 1. The van der Waals surface area contributed by atoms with Crippen LogP contribution in [0.5, 0.6) is 0 Å². The first-order valence-corrected chi connectivity index (χ1v) is 8.07. The highest BCUT2D eigenvalue weighted by molar-refractivity contribution is 7.92. The number of hydrogen-bond acceptors (Lipinski definition) is 4. The van der Waals surface area contributed by atoms with Crippen LogP contribution in [0.4, 0.5) is 0 Å². The molecule has 1 N–H and O–H groups in total. The van der Waals surface area contributed by atoms with Crippen molar-refractivity contribution in [3.8, 4) is 0 Å². The number of sulfone groups is 1. The molecule has 0 aliphatic rings. The zero-order valence-corrected chi connectivity index (χ0v) is 10.8. The quantitative estimate of drug-likeness (QED) is 0.847. The molecule has 1 unspecified atom stereocenters. The number of benzene rings is 1. The van der Waals surface area contributed by atoms with Crippen molar-refractivity contribution < 1.29 is 22.5 Å². The van der Waals surface area contributed by atoms with Crippen LogP contribution < -0.4 is 0 Å². The number of rotatable bonds is 5. The van der Waals surface area contributed by atoms with Gasteiger partial charge in [-0.05, 0) is 24.3 Å². The van der Waals surface area contributed by atoms with Gasteiger partial charge < -0.3 is 5.11 Å². The van der Waals surface area contributed by atoms with E-state index in [2.05, 4.69) is 0 Å². The molecule has 0 bridgehead atoms. The van der Waals surface area contributed by atoms with Gasteiger partial charge in [0.1, 0.15) is 9.84 Å². The highest BCUT2D eigenvalue weighted by Crippen LogP contribution is 2.09. The van der Waals surface area contributed by atoms with Gasteiger partial charge in [0.25, 0.3) is 0 Å². The van der Waals surface area contributed by atoms with Gasteiger partial charge in [0.2, 0.25) is 0 Å². The summed E-state index contributed by atoms with van der Waals surface area (Å²) in [5.41, 5.74) is 0.105. The molecule has 0 spiro atoms. The first-order valence-electron chi connectivity index (χ1n) is 4.69. The van der Waals surface area contributed by atoms with E-state index in [-0.39, 0.29) is 17.1 Å². The number of carboxylic acid groups (broad SMARTS) is 1. The van der Waals surface area contributed by atoms with Crippen molar-refractivity contribution in [1.82, 2.24) is 0 Å². The smallest absolute Gasteiger partial charge is 0.335 e. The second-order valence-corrected chi connectivity index (χ2v) is 7.34. The predicted molar refractivity (Wildman–Crippen MR) is 64.4 cm³/mol. The third-order valence-corrected chi connectivity index (χ3v) is 4.58. The van der Waals surface area contributed by atoms with Crippen molar-refractivity contribution in [3.63, 3.8) is 0 Å². The fraction of sp³-hybridized carbons (Fsp3) is 0.300. The molecule has 0 aliphatic heterocycles. The van der Waals surface area contributed by atoms with E-state index in [4.69, 9.17) is 5.11 Å². The lowest BCUT2D eigenvalue weighted by atomic mass is 10.2. The summed E-state index contributed by atoms with van der Waals surface area (Å²) >= 11 is 0. The van der Waals surface area contributed by atoms with Crippen LogP contribution in [0.3, 0.4) is 0 Å². The standard InChI is InChI=1S/C10H12O5S2/c1-17(14,15)7-6-16(13)9-4-2-8(3-5-9)10(11)12/h2-5H,6-7H2,1H3,(H,11,12). The Hall–Kier alpha value is -1.21. The molecule has 0 radical (unpaired) electrons. The second kappa shape index (κ2) is 5.42. The van der Waals surface area contributed by atoms with Crippen molar-refractivity contribution >= 4 is 26.6 Å². The molecule has 5 nitrogen and oxygen atoms in total. The van der Waals surface area contributed by atoms with E-state index in [1.54, 1.807) is 0 Å². The second-order valence-electron chi connectivity index (χ2n) is 3.51. The molecule has 1 aromatic rings. The predicted octanol–water partition coefficient (Wildman–Crippen LogP) is 0.537. The fourth-order valence-corrected chi connectivity index (χ4v) is 3.59. The molecule has 1 atom stereocenters. The van der Waals surface area contributed by atoms with Crippen LogP contribution in [0.15, 0.2) is 29.2 Å². The van der Waals surface area contributed by atoms with Crippen LogP contribution in [-0.4, -0.2) is 41.5 Å². The third kappa shape index (κ3) is 4.66. The summed E-state index contributed by atoms with van der Waals surface area (Å²) in [5, 5.41) is 8.67. The molecular weight excluding hydrogens is 264 g/mol. The Morgan fingerprint density at radius 2 is 1.82 bits per heavy atom. The fourth-order valence-electron chi connectivity index (χ4n) is 1.09. The van der Waals surface area contributed by atoms with Crippen LogP contribution >= 0.6 is 0 Å². The molecule has 17 heavy (non-hydrogen) atoms. The van der Waals surface area contributed by atoms with Gasteiger partial charge in [-0.1, -0.05) is 0 Å². The number of carboxylic acids is 1. The van der Waals surface area contributed by atoms with Gasteiger partial charge in [-0.25, -0.2) is 13.2 Å². The maximum Gasteiger partial charge on any atom is 0.335 e. The topological polar surface area (TPSA) is 88.5 Å². The Balaban J connectivity index is 2.74. The number of hydrogen-bond donors (Lipinski definition) is 1. The Morgan fingerprint density at radius 3 is 2.24 bits per heavy atom. The third-order valence-electron chi connectivity index (χ3n) is 2.00. The Labute approximate surface area is 102 Å². The molecule has 1 rings (SSSR count). The van der Waals surface area contributed by atoms with Crippen LogP contribution in [0.25, 0.3) is 0 Å². The first kappa shape index (κ1) is 13.9. The maximum absolute atomic E-state index is 11.7. The van der Waals surface area contributed by atoms with Gasteiger partial charge in [0, 0.05) is 16.9 Å². The summed E-state index contributed by atoms with van der Waals surface area (Å²) in [5.74, 6) is -1.19. The molecule has 0 aliphatic carbocycles. The van der Waals surface area contributed by atoms with Gasteiger partial charge >= 0.3 is 5.97 Å². The average molecular weight is 276 g/mol. The minimum atomic E-state index is -3.14. The SMILES string of the molecule is CS(=O)(=O)CCS(=O)c1ccc(C(=O)O)cc1. The summed E-state index contributed by atoms with van der Waals surface area (Å²) in [6, 6.07) is 5.55. The van der Waals surface area contributed by atoms with E-state index < -0.39 is 26.6 Å². The lowest BCUT2D eigenvalue weighted by molar-refractivity contribution is 0.0697.